The lowest BCUT2D eigenvalue weighted by Gasteiger charge is -2.32. The molecule has 0 saturated heterocycles. The van der Waals surface area contributed by atoms with Gasteiger partial charge in [-0.15, -0.1) is 0 Å². The van der Waals surface area contributed by atoms with Gasteiger partial charge in [0.1, 0.15) is 23.8 Å². The number of benzene rings is 2. The first-order valence-electron chi connectivity index (χ1n) is 12.0. The average molecular weight is 509 g/mol. The van der Waals surface area contributed by atoms with Crippen LogP contribution in [0, 0.1) is 5.82 Å². The van der Waals surface area contributed by atoms with E-state index in [4.69, 9.17) is 9.47 Å². The molecule has 0 aliphatic carbocycles. The molecule has 2 amide bonds. The van der Waals surface area contributed by atoms with E-state index in [1.807, 2.05) is 30.3 Å². The van der Waals surface area contributed by atoms with Crippen LogP contribution in [0.15, 0.2) is 53.3 Å². The van der Waals surface area contributed by atoms with Gasteiger partial charge in [-0.25, -0.2) is 9.37 Å². The highest BCUT2D eigenvalue weighted by atomic mass is 19.1. The third kappa shape index (κ3) is 5.86. The Labute approximate surface area is 213 Å². The van der Waals surface area contributed by atoms with E-state index in [0.29, 0.717) is 18.0 Å². The number of ether oxygens (including phenoxy) is 2. The van der Waals surface area contributed by atoms with Gasteiger partial charge in [0, 0.05) is 18.7 Å². The molecule has 1 aliphatic rings. The Hall–Kier alpha value is -4.05. The van der Waals surface area contributed by atoms with Crippen molar-refractivity contribution in [1.82, 2.24) is 14.9 Å². The summed E-state index contributed by atoms with van der Waals surface area (Å²) in [7, 11) is 0. The molecule has 9 nitrogen and oxygen atoms in total. The van der Waals surface area contributed by atoms with Crippen LogP contribution >= 0.6 is 0 Å². The van der Waals surface area contributed by atoms with Crippen molar-refractivity contribution >= 4 is 17.5 Å². The fraction of sp³-hybridized carbons (Fsp3) is 0.333. The smallest absolute Gasteiger partial charge is 0.296 e. The quantitative estimate of drug-likeness (QED) is 0.482. The molecule has 3 aromatic rings. The number of rotatable bonds is 8. The zero-order valence-electron chi connectivity index (χ0n) is 21.0. The van der Waals surface area contributed by atoms with Crippen LogP contribution in [0.1, 0.15) is 54.6 Å². The van der Waals surface area contributed by atoms with E-state index < -0.39 is 22.9 Å². The van der Waals surface area contributed by atoms with Gasteiger partial charge in [-0.2, -0.15) is 0 Å². The summed E-state index contributed by atoms with van der Waals surface area (Å²) < 4.78 is 26.9. The van der Waals surface area contributed by atoms with Crippen LogP contribution in [0.25, 0.3) is 0 Å². The lowest BCUT2D eigenvalue weighted by molar-refractivity contribution is -0.115. The Morgan fingerprint density at radius 2 is 1.95 bits per heavy atom. The number of amides is 2. The van der Waals surface area contributed by atoms with Crippen LogP contribution in [0.3, 0.4) is 0 Å². The summed E-state index contributed by atoms with van der Waals surface area (Å²) in [6.07, 6.45) is 0.214. The molecule has 2 heterocycles. The second-order valence-corrected chi connectivity index (χ2v) is 9.09. The highest BCUT2D eigenvalue weighted by Crippen LogP contribution is 2.28. The van der Waals surface area contributed by atoms with E-state index in [2.05, 4.69) is 15.6 Å². The number of nitrogens with one attached hydrogen (secondary N) is 2. The van der Waals surface area contributed by atoms with Crippen molar-refractivity contribution in [2.24, 2.45) is 0 Å². The molecule has 0 spiro atoms. The Kier molecular flexibility index (Phi) is 7.68. The summed E-state index contributed by atoms with van der Waals surface area (Å²) in [4.78, 5) is 43.2. The van der Waals surface area contributed by atoms with Crippen LogP contribution < -0.4 is 20.9 Å². The summed E-state index contributed by atoms with van der Waals surface area (Å²) in [5.41, 5.74) is 0.0237. The van der Waals surface area contributed by atoms with Gasteiger partial charge in [-0.3, -0.25) is 19.0 Å². The van der Waals surface area contributed by atoms with Gasteiger partial charge >= 0.3 is 0 Å². The minimum atomic E-state index is -0.890. The standard InChI is InChI=1S/C27H29FN4O5/c1-4-21(33)30-20-14-19(28)11-10-18(20)15-29-24(34)22-23(36-16-17-8-6-5-7-9-17)25(35)32-12-13-37-27(2,3)26(32)31-22/h5-11,14H,4,12-13,15-16H2,1-3H3,(H,29,34)(H,30,33). The topological polar surface area (TPSA) is 112 Å². The third-order valence-electron chi connectivity index (χ3n) is 5.99. The van der Waals surface area contributed by atoms with Gasteiger partial charge in [-0.1, -0.05) is 43.3 Å². The van der Waals surface area contributed by atoms with Gasteiger partial charge in [-0.05, 0) is 37.1 Å². The number of anilines is 1. The Morgan fingerprint density at radius 3 is 2.68 bits per heavy atom. The normalized spacial score (nSPS) is 13.9. The molecule has 194 valence electrons. The molecule has 2 aromatic carbocycles. The Bertz CT molecular complexity index is 1370. The van der Waals surface area contributed by atoms with Crippen molar-refractivity contribution in [3.05, 3.63) is 87.3 Å². The van der Waals surface area contributed by atoms with Crippen molar-refractivity contribution in [1.29, 1.82) is 0 Å². The molecule has 0 bridgehead atoms. The zero-order valence-corrected chi connectivity index (χ0v) is 21.0. The van der Waals surface area contributed by atoms with Crippen LogP contribution in [-0.4, -0.2) is 28.0 Å². The lowest BCUT2D eigenvalue weighted by atomic mass is 10.1. The number of carbonyl (C=O) groups excluding carboxylic acids is 2. The van der Waals surface area contributed by atoms with Gasteiger partial charge in [0.25, 0.3) is 11.5 Å². The van der Waals surface area contributed by atoms with Crippen LogP contribution in [0.5, 0.6) is 5.75 Å². The van der Waals surface area contributed by atoms with Gasteiger partial charge in [0.05, 0.1) is 13.2 Å². The number of hydrogen-bond donors (Lipinski definition) is 2. The molecule has 37 heavy (non-hydrogen) atoms. The first-order chi connectivity index (χ1) is 17.7. The monoisotopic (exact) mass is 508 g/mol. The van der Waals surface area contributed by atoms with E-state index in [9.17, 15) is 18.8 Å². The largest absolute Gasteiger partial charge is 0.481 e. The maximum atomic E-state index is 13.8. The zero-order chi connectivity index (χ0) is 26.6. The molecular formula is C27H29FN4O5. The fourth-order valence-electron chi connectivity index (χ4n) is 3.99. The molecule has 0 unspecified atom stereocenters. The minimum Gasteiger partial charge on any atom is -0.481 e. The van der Waals surface area contributed by atoms with E-state index >= 15 is 0 Å². The predicted molar refractivity (Wildman–Crippen MR) is 135 cm³/mol. The number of carbonyl (C=O) groups is 2. The van der Waals surface area contributed by atoms with E-state index in [1.165, 1.54) is 22.8 Å². The molecule has 0 saturated carbocycles. The van der Waals surface area contributed by atoms with Crippen molar-refractivity contribution in [2.45, 2.75) is 52.5 Å². The van der Waals surface area contributed by atoms with Crippen LogP contribution in [0.4, 0.5) is 10.1 Å². The number of aromatic nitrogens is 2. The minimum absolute atomic E-state index is 0.0451. The van der Waals surface area contributed by atoms with Crippen molar-refractivity contribution in [3.63, 3.8) is 0 Å². The van der Waals surface area contributed by atoms with E-state index in [0.717, 1.165) is 5.56 Å². The second kappa shape index (κ2) is 10.9. The fourth-order valence-corrected chi connectivity index (χ4v) is 3.99. The maximum absolute atomic E-state index is 13.8. The number of nitrogens with zero attached hydrogens (tertiary/aromatic N) is 2. The van der Waals surface area contributed by atoms with Crippen LogP contribution in [0.2, 0.25) is 0 Å². The third-order valence-corrected chi connectivity index (χ3v) is 5.99. The van der Waals surface area contributed by atoms with Gasteiger partial charge in [0.2, 0.25) is 11.7 Å². The SMILES string of the molecule is CCC(=O)Nc1cc(F)ccc1CNC(=O)c1nc2n(c(=O)c1OCc1ccccc1)CCOC2(C)C. The Morgan fingerprint density at radius 1 is 1.19 bits per heavy atom. The molecule has 1 aromatic heterocycles. The number of hydrogen-bond acceptors (Lipinski definition) is 6. The van der Waals surface area contributed by atoms with Crippen molar-refractivity contribution in [3.8, 4) is 5.75 Å². The van der Waals surface area contributed by atoms with Gasteiger partial charge < -0.3 is 20.1 Å². The molecule has 0 fully saturated rings. The molecule has 10 heteroatoms. The predicted octanol–water partition coefficient (Wildman–Crippen LogP) is 3.51. The molecule has 4 rings (SSSR count). The number of fused-ring (bicyclic) bond motifs is 1. The summed E-state index contributed by atoms with van der Waals surface area (Å²) >= 11 is 0. The van der Waals surface area contributed by atoms with Crippen molar-refractivity contribution < 1.29 is 23.5 Å². The average Bonchev–Trinajstić information content (AvgIpc) is 2.88. The molecule has 1 aliphatic heterocycles. The maximum Gasteiger partial charge on any atom is 0.296 e. The van der Waals surface area contributed by atoms with E-state index in [1.54, 1.807) is 20.8 Å². The van der Waals surface area contributed by atoms with Gasteiger partial charge in [0.15, 0.2) is 5.69 Å². The van der Waals surface area contributed by atoms with Crippen LogP contribution in [-0.2, 0) is 34.8 Å². The number of halogens is 1. The highest BCUT2D eigenvalue weighted by molar-refractivity contribution is 5.95. The molecular weight excluding hydrogens is 479 g/mol. The summed E-state index contributed by atoms with van der Waals surface area (Å²) in [6.45, 7) is 5.86. The lowest BCUT2D eigenvalue weighted by Crippen LogP contribution is -2.43. The summed E-state index contributed by atoms with van der Waals surface area (Å²) in [5.74, 6) is -1.31. The first-order valence-corrected chi connectivity index (χ1v) is 12.0. The van der Waals surface area contributed by atoms with E-state index in [-0.39, 0.29) is 49.2 Å². The highest BCUT2D eigenvalue weighted by Gasteiger charge is 2.35. The van der Waals surface area contributed by atoms with Crippen molar-refractivity contribution in [2.75, 3.05) is 11.9 Å². The molecule has 0 atom stereocenters. The summed E-state index contributed by atoms with van der Waals surface area (Å²) in [6, 6.07) is 13.2. The molecule has 0 radical (unpaired) electrons. The Balaban J connectivity index is 1.66. The first kappa shape index (κ1) is 26.0. The summed E-state index contributed by atoms with van der Waals surface area (Å²) in [5, 5.41) is 5.36. The second-order valence-electron chi connectivity index (χ2n) is 9.09. The molecule has 2 N–H and O–H groups in total.